The van der Waals surface area contributed by atoms with Gasteiger partial charge in [-0.05, 0) is 36.1 Å². The fourth-order valence-electron chi connectivity index (χ4n) is 3.26. The lowest BCUT2D eigenvalue weighted by atomic mass is 9.98. The molecule has 0 aliphatic heterocycles. The van der Waals surface area contributed by atoms with Crippen molar-refractivity contribution in [2.24, 2.45) is 0 Å². The number of hydrogen-bond donors (Lipinski definition) is 1. The van der Waals surface area contributed by atoms with Gasteiger partial charge in [0.1, 0.15) is 5.82 Å². The lowest BCUT2D eigenvalue weighted by Crippen LogP contribution is -2.05. The average Bonchev–Trinajstić information content (AvgIpc) is 3.12. The zero-order valence-electron chi connectivity index (χ0n) is 17.0. The number of carboxylic acid groups (broad SMARTS) is 1. The van der Waals surface area contributed by atoms with Crippen molar-refractivity contribution in [2.45, 2.75) is 46.1 Å². The number of aromatic carboxylic acids is 1. The van der Waals surface area contributed by atoms with E-state index >= 15 is 0 Å². The maximum Gasteiger partial charge on any atom is 0.336 e. The molecular formula is C24H27N3O2. The quantitative estimate of drug-likeness (QED) is 0.514. The van der Waals surface area contributed by atoms with E-state index in [2.05, 4.69) is 18.1 Å². The second-order valence-corrected chi connectivity index (χ2v) is 7.02. The molecule has 0 bridgehead atoms. The first-order chi connectivity index (χ1) is 14.1. The van der Waals surface area contributed by atoms with Crippen LogP contribution in [0.3, 0.4) is 0 Å². The minimum Gasteiger partial charge on any atom is -0.478 e. The number of unbranched alkanes of at least 4 members (excludes halogenated alkanes) is 1. The number of carbonyl (C=O) groups is 1. The van der Waals surface area contributed by atoms with E-state index in [1.807, 2.05) is 54.1 Å². The molecule has 3 rings (SSSR count). The highest BCUT2D eigenvalue weighted by molar-refractivity contribution is 5.95. The molecule has 0 aliphatic carbocycles. The molecule has 0 aliphatic rings. The Balaban J connectivity index is 1.82. The Morgan fingerprint density at radius 3 is 2.59 bits per heavy atom. The smallest absolute Gasteiger partial charge is 0.336 e. The SMILES string of the molecule is C/C=C/Cn1nc(CCCC)nc1Cc1ccc(-c2ccccc2C(=O)O)cc1. The number of carboxylic acids is 1. The Morgan fingerprint density at radius 1 is 1.14 bits per heavy atom. The van der Waals surface area contributed by atoms with Crippen LogP contribution >= 0.6 is 0 Å². The second-order valence-electron chi connectivity index (χ2n) is 7.02. The third-order valence-electron chi connectivity index (χ3n) is 4.84. The van der Waals surface area contributed by atoms with Crippen molar-refractivity contribution < 1.29 is 9.90 Å². The Labute approximate surface area is 171 Å². The van der Waals surface area contributed by atoms with Crippen LogP contribution in [0.15, 0.2) is 60.7 Å². The molecule has 0 radical (unpaired) electrons. The van der Waals surface area contributed by atoms with Crippen LogP contribution in [0.4, 0.5) is 0 Å². The third kappa shape index (κ3) is 5.19. The molecule has 29 heavy (non-hydrogen) atoms. The molecule has 0 unspecified atom stereocenters. The van der Waals surface area contributed by atoms with Gasteiger partial charge in [-0.25, -0.2) is 14.5 Å². The van der Waals surface area contributed by atoms with Crippen molar-refractivity contribution in [3.63, 3.8) is 0 Å². The molecule has 2 aromatic carbocycles. The Kier molecular flexibility index (Phi) is 6.95. The number of hydrogen-bond acceptors (Lipinski definition) is 3. The van der Waals surface area contributed by atoms with Crippen molar-refractivity contribution in [1.29, 1.82) is 0 Å². The highest BCUT2D eigenvalue weighted by Crippen LogP contribution is 2.24. The summed E-state index contributed by atoms with van der Waals surface area (Å²) >= 11 is 0. The van der Waals surface area contributed by atoms with Crippen LogP contribution in [0, 0.1) is 0 Å². The summed E-state index contributed by atoms with van der Waals surface area (Å²) in [7, 11) is 0. The van der Waals surface area contributed by atoms with E-state index < -0.39 is 5.97 Å². The van der Waals surface area contributed by atoms with Gasteiger partial charge in [-0.2, -0.15) is 5.10 Å². The Morgan fingerprint density at radius 2 is 1.90 bits per heavy atom. The van der Waals surface area contributed by atoms with Crippen LogP contribution in [0.5, 0.6) is 0 Å². The molecule has 3 aromatic rings. The van der Waals surface area contributed by atoms with E-state index in [1.54, 1.807) is 12.1 Å². The number of rotatable bonds is 9. The van der Waals surface area contributed by atoms with Gasteiger partial charge in [0.05, 0.1) is 12.1 Å². The molecular weight excluding hydrogens is 362 g/mol. The van der Waals surface area contributed by atoms with Crippen molar-refractivity contribution in [3.8, 4) is 11.1 Å². The molecule has 1 aromatic heterocycles. The minimum absolute atomic E-state index is 0.312. The first-order valence-electron chi connectivity index (χ1n) is 10.1. The van der Waals surface area contributed by atoms with Gasteiger partial charge in [0, 0.05) is 12.8 Å². The zero-order chi connectivity index (χ0) is 20.6. The lowest BCUT2D eigenvalue weighted by Gasteiger charge is -2.08. The summed E-state index contributed by atoms with van der Waals surface area (Å²) in [4.78, 5) is 16.2. The van der Waals surface area contributed by atoms with E-state index in [-0.39, 0.29) is 0 Å². The van der Waals surface area contributed by atoms with Gasteiger partial charge in [-0.15, -0.1) is 0 Å². The summed E-state index contributed by atoms with van der Waals surface area (Å²) in [5.41, 5.74) is 3.06. The third-order valence-corrected chi connectivity index (χ3v) is 4.84. The van der Waals surface area contributed by atoms with Crippen LogP contribution in [-0.4, -0.2) is 25.8 Å². The first kappa shape index (κ1) is 20.5. The van der Waals surface area contributed by atoms with Gasteiger partial charge in [-0.1, -0.05) is 68.0 Å². The molecule has 1 heterocycles. The molecule has 0 saturated carbocycles. The second kappa shape index (κ2) is 9.82. The standard InChI is InChI=1S/C24H27N3O2/c1-3-5-11-22-25-23(27(26-22)16-6-4-2)17-18-12-14-19(15-13-18)20-9-7-8-10-21(20)24(28)29/h4,6-10,12-15H,3,5,11,16-17H2,1-2H3,(H,28,29)/b6-4+. The summed E-state index contributed by atoms with van der Waals surface area (Å²) < 4.78 is 1.97. The normalized spacial score (nSPS) is 11.2. The number of aromatic nitrogens is 3. The highest BCUT2D eigenvalue weighted by atomic mass is 16.4. The van der Waals surface area contributed by atoms with Crippen LogP contribution < -0.4 is 0 Å². The number of benzene rings is 2. The largest absolute Gasteiger partial charge is 0.478 e. The van der Waals surface area contributed by atoms with Gasteiger partial charge < -0.3 is 5.11 Å². The summed E-state index contributed by atoms with van der Waals surface area (Å²) in [6, 6.07) is 15.1. The first-order valence-corrected chi connectivity index (χ1v) is 10.1. The van der Waals surface area contributed by atoms with Crippen LogP contribution in [0.2, 0.25) is 0 Å². The van der Waals surface area contributed by atoms with E-state index in [4.69, 9.17) is 4.98 Å². The molecule has 0 spiro atoms. The van der Waals surface area contributed by atoms with Gasteiger partial charge in [0.15, 0.2) is 5.82 Å². The van der Waals surface area contributed by atoms with E-state index in [1.165, 1.54) is 0 Å². The molecule has 1 N–H and O–H groups in total. The molecule has 0 saturated heterocycles. The van der Waals surface area contributed by atoms with Crippen LogP contribution in [0.1, 0.15) is 54.3 Å². The minimum atomic E-state index is -0.915. The monoisotopic (exact) mass is 389 g/mol. The molecule has 5 nitrogen and oxygen atoms in total. The maximum atomic E-state index is 11.5. The summed E-state index contributed by atoms with van der Waals surface area (Å²) in [5, 5.41) is 14.1. The summed E-state index contributed by atoms with van der Waals surface area (Å²) in [6.45, 7) is 4.89. The molecule has 0 fully saturated rings. The average molecular weight is 389 g/mol. The van der Waals surface area contributed by atoms with E-state index in [9.17, 15) is 9.90 Å². The molecule has 5 heteroatoms. The fourth-order valence-corrected chi connectivity index (χ4v) is 3.26. The molecule has 0 amide bonds. The predicted octanol–water partition coefficient (Wildman–Crippen LogP) is 5.15. The lowest BCUT2D eigenvalue weighted by molar-refractivity contribution is 0.0697. The Bertz CT molecular complexity index is 988. The Hall–Kier alpha value is -3.21. The van der Waals surface area contributed by atoms with Crippen molar-refractivity contribution in [1.82, 2.24) is 14.8 Å². The fraction of sp³-hybridized carbons (Fsp3) is 0.292. The van der Waals surface area contributed by atoms with E-state index in [0.717, 1.165) is 54.1 Å². The highest BCUT2D eigenvalue weighted by Gasteiger charge is 2.12. The summed E-state index contributed by atoms with van der Waals surface area (Å²) in [6.07, 6.45) is 7.90. The summed E-state index contributed by atoms with van der Waals surface area (Å²) in [5.74, 6) is 0.938. The van der Waals surface area contributed by atoms with Crippen LogP contribution in [-0.2, 0) is 19.4 Å². The number of allylic oxidation sites excluding steroid dienone is 2. The maximum absolute atomic E-state index is 11.5. The number of aryl methyl sites for hydroxylation is 1. The topological polar surface area (TPSA) is 68.0 Å². The van der Waals surface area contributed by atoms with Crippen molar-refractivity contribution in [2.75, 3.05) is 0 Å². The van der Waals surface area contributed by atoms with E-state index in [0.29, 0.717) is 12.0 Å². The van der Waals surface area contributed by atoms with Crippen LogP contribution in [0.25, 0.3) is 11.1 Å². The van der Waals surface area contributed by atoms with Gasteiger partial charge in [0.25, 0.3) is 0 Å². The van der Waals surface area contributed by atoms with Gasteiger partial charge in [-0.3, -0.25) is 0 Å². The zero-order valence-corrected chi connectivity index (χ0v) is 17.0. The van der Waals surface area contributed by atoms with Crippen molar-refractivity contribution >= 4 is 5.97 Å². The van der Waals surface area contributed by atoms with Gasteiger partial charge in [0.2, 0.25) is 0 Å². The molecule has 0 atom stereocenters. The predicted molar refractivity (Wildman–Crippen MR) is 115 cm³/mol. The number of nitrogens with zero attached hydrogens (tertiary/aromatic N) is 3. The van der Waals surface area contributed by atoms with Gasteiger partial charge >= 0.3 is 5.97 Å². The van der Waals surface area contributed by atoms with Crippen molar-refractivity contribution in [3.05, 3.63) is 83.5 Å². The molecule has 150 valence electrons.